The van der Waals surface area contributed by atoms with E-state index < -0.39 is 5.82 Å². The monoisotopic (exact) mass is 435 g/mol. The van der Waals surface area contributed by atoms with Crippen molar-refractivity contribution in [1.82, 2.24) is 14.8 Å². The first-order valence-corrected chi connectivity index (χ1v) is 11.2. The van der Waals surface area contributed by atoms with Gasteiger partial charge in [-0.3, -0.25) is 4.79 Å². The van der Waals surface area contributed by atoms with Gasteiger partial charge in [-0.25, -0.2) is 9.37 Å². The van der Waals surface area contributed by atoms with E-state index in [-0.39, 0.29) is 11.5 Å². The van der Waals surface area contributed by atoms with Crippen LogP contribution >= 0.6 is 11.3 Å². The fraction of sp³-hybridized carbons (Fsp3) is 0.545. The Hall–Kier alpha value is -2.19. The van der Waals surface area contributed by atoms with Crippen molar-refractivity contribution in [3.05, 3.63) is 28.5 Å². The van der Waals surface area contributed by atoms with Crippen molar-refractivity contribution in [2.75, 3.05) is 40.4 Å². The highest BCUT2D eigenvalue weighted by Gasteiger charge is 2.29. The van der Waals surface area contributed by atoms with Crippen LogP contribution in [0.4, 0.5) is 4.39 Å². The van der Waals surface area contributed by atoms with Crippen LogP contribution in [0.1, 0.15) is 42.1 Å². The summed E-state index contributed by atoms with van der Waals surface area (Å²) in [6, 6.07) is 3.45. The van der Waals surface area contributed by atoms with Crippen LogP contribution in [0.5, 0.6) is 11.5 Å². The van der Waals surface area contributed by atoms with Gasteiger partial charge in [0.25, 0.3) is 5.91 Å². The third-order valence-corrected chi connectivity index (χ3v) is 6.93. The lowest BCUT2D eigenvalue weighted by Crippen LogP contribution is -2.46. The minimum atomic E-state index is -0.487. The molecule has 1 aromatic heterocycles. The number of ether oxygens (including phenoxy) is 2. The summed E-state index contributed by atoms with van der Waals surface area (Å²) in [5.74, 6) is 0.189. The fourth-order valence-corrected chi connectivity index (χ4v) is 5.15. The molecule has 164 valence electrons. The molecule has 1 aliphatic rings. The summed E-state index contributed by atoms with van der Waals surface area (Å²) in [7, 11) is 2.95. The van der Waals surface area contributed by atoms with Crippen LogP contribution < -0.4 is 9.47 Å². The molecule has 0 radical (unpaired) electrons. The summed E-state index contributed by atoms with van der Waals surface area (Å²) < 4.78 is 25.2. The predicted octanol–water partition coefficient (Wildman–Crippen LogP) is 4.22. The maximum Gasteiger partial charge on any atom is 0.265 e. The maximum atomic E-state index is 14.8. The van der Waals surface area contributed by atoms with Crippen LogP contribution in [0.3, 0.4) is 0 Å². The van der Waals surface area contributed by atoms with Gasteiger partial charge in [0, 0.05) is 31.3 Å². The molecule has 0 aliphatic carbocycles. The molecule has 3 rings (SSSR count). The number of methoxy groups -OCH3 is 2. The Labute approximate surface area is 181 Å². The van der Waals surface area contributed by atoms with Crippen LogP contribution in [0, 0.1) is 12.7 Å². The van der Waals surface area contributed by atoms with Crippen molar-refractivity contribution >= 4 is 17.2 Å². The van der Waals surface area contributed by atoms with Crippen LogP contribution in [-0.4, -0.2) is 67.1 Å². The molecule has 0 N–H and O–H groups in total. The molecule has 1 fully saturated rings. The lowest BCUT2D eigenvalue weighted by molar-refractivity contribution is 0.0635. The zero-order chi connectivity index (χ0) is 21.8. The summed E-state index contributed by atoms with van der Waals surface area (Å²) in [5.41, 5.74) is 0.869. The van der Waals surface area contributed by atoms with Crippen LogP contribution in [-0.2, 0) is 0 Å². The zero-order valence-corrected chi connectivity index (χ0v) is 19.1. The van der Waals surface area contributed by atoms with E-state index in [0.717, 1.165) is 39.0 Å². The quantitative estimate of drug-likeness (QED) is 0.652. The highest BCUT2D eigenvalue weighted by Crippen LogP contribution is 2.39. The second kappa shape index (κ2) is 9.75. The average Bonchev–Trinajstić information content (AvgIpc) is 3.14. The van der Waals surface area contributed by atoms with Crippen molar-refractivity contribution < 1.29 is 18.7 Å². The maximum absolute atomic E-state index is 14.8. The summed E-state index contributed by atoms with van der Waals surface area (Å²) in [5, 5.41) is 0.436. The van der Waals surface area contributed by atoms with Crippen LogP contribution in [0.25, 0.3) is 10.6 Å². The van der Waals surface area contributed by atoms with Gasteiger partial charge in [0.05, 0.1) is 25.5 Å². The highest BCUT2D eigenvalue weighted by atomic mass is 32.1. The smallest absolute Gasteiger partial charge is 0.265 e. The van der Waals surface area contributed by atoms with E-state index in [1.54, 1.807) is 13.0 Å². The number of piperidine rings is 1. The van der Waals surface area contributed by atoms with Gasteiger partial charge in [-0.1, -0.05) is 13.8 Å². The molecule has 2 aromatic rings. The standard InChI is InChI=1S/C22H30FN3O3S/c1-6-25(7-2)15-8-10-26(11-9-15)22(27)20-14(3)24-21(30-20)19-17(23)12-16(28-4)13-18(19)29-5/h12-13,15H,6-11H2,1-5H3. The van der Waals surface area contributed by atoms with E-state index in [1.807, 2.05) is 4.90 Å². The number of carbonyl (C=O) groups excluding carboxylic acids is 1. The highest BCUT2D eigenvalue weighted by molar-refractivity contribution is 7.17. The molecule has 1 aliphatic heterocycles. The molecule has 30 heavy (non-hydrogen) atoms. The number of thiazole rings is 1. The van der Waals surface area contributed by atoms with E-state index >= 15 is 0 Å². The number of hydrogen-bond acceptors (Lipinski definition) is 6. The number of aromatic nitrogens is 1. The Bertz CT molecular complexity index is 890. The lowest BCUT2D eigenvalue weighted by atomic mass is 10.0. The molecule has 2 heterocycles. The number of amides is 1. The molecule has 1 amide bonds. The minimum Gasteiger partial charge on any atom is -0.497 e. The SMILES string of the molecule is CCN(CC)C1CCN(C(=O)c2sc(-c3c(F)cc(OC)cc3OC)nc2C)CC1. The molecule has 6 nitrogen and oxygen atoms in total. The van der Waals surface area contributed by atoms with Gasteiger partial charge < -0.3 is 19.3 Å². The molecule has 0 spiro atoms. The van der Waals surface area contributed by atoms with Gasteiger partial charge in [0.1, 0.15) is 27.2 Å². The molecule has 8 heteroatoms. The number of carbonyl (C=O) groups is 1. The Balaban J connectivity index is 1.81. The molecule has 0 bridgehead atoms. The van der Waals surface area contributed by atoms with Crippen LogP contribution in [0.2, 0.25) is 0 Å². The second-order valence-corrected chi connectivity index (χ2v) is 8.36. The molecule has 1 saturated heterocycles. The predicted molar refractivity (Wildman–Crippen MR) is 117 cm³/mol. The van der Waals surface area contributed by atoms with Gasteiger partial charge in [-0.15, -0.1) is 11.3 Å². The Morgan fingerprint density at radius 1 is 1.23 bits per heavy atom. The fourth-order valence-electron chi connectivity index (χ4n) is 4.06. The van der Waals surface area contributed by atoms with Gasteiger partial charge >= 0.3 is 0 Å². The number of nitrogens with zero attached hydrogens (tertiary/aromatic N) is 3. The number of hydrogen-bond donors (Lipinski definition) is 0. The van der Waals surface area contributed by atoms with E-state index in [4.69, 9.17) is 9.47 Å². The normalized spacial score (nSPS) is 15.0. The first kappa shape index (κ1) is 22.5. The number of aryl methyl sites for hydroxylation is 1. The Morgan fingerprint density at radius 2 is 1.90 bits per heavy atom. The van der Waals surface area contributed by atoms with E-state index in [9.17, 15) is 9.18 Å². The number of halogens is 1. The average molecular weight is 436 g/mol. The summed E-state index contributed by atoms with van der Waals surface area (Å²) in [6.07, 6.45) is 1.94. The number of likely N-dealkylation sites (tertiary alicyclic amines) is 1. The third kappa shape index (κ3) is 4.44. The largest absolute Gasteiger partial charge is 0.497 e. The van der Waals surface area contributed by atoms with Gasteiger partial charge in [0.15, 0.2) is 0 Å². The topological polar surface area (TPSA) is 54.9 Å². The van der Waals surface area contributed by atoms with E-state index in [2.05, 4.69) is 23.7 Å². The first-order chi connectivity index (χ1) is 14.4. The van der Waals surface area contributed by atoms with Crippen molar-refractivity contribution in [2.24, 2.45) is 0 Å². The lowest BCUT2D eigenvalue weighted by Gasteiger charge is -2.37. The summed E-state index contributed by atoms with van der Waals surface area (Å²) >= 11 is 1.21. The van der Waals surface area contributed by atoms with Gasteiger partial charge in [-0.05, 0) is 32.9 Å². The van der Waals surface area contributed by atoms with Gasteiger partial charge in [0.2, 0.25) is 0 Å². The van der Waals surface area contributed by atoms with E-state index in [0.29, 0.717) is 33.1 Å². The number of benzene rings is 1. The minimum absolute atomic E-state index is 0.0258. The summed E-state index contributed by atoms with van der Waals surface area (Å²) in [6.45, 7) is 9.67. The molecule has 0 atom stereocenters. The Morgan fingerprint density at radius 3 is 2.47 bits per heavy atom. The first-order valence-electron chi connectivity index (χ1n) is 10.4. The van der Waals surface area contributed by atoms with Crippen molar-refractivity contribution in [3.63, 3.8) is 0 Å². The van der Waals surface area contributed by atoms with Gasteiger partial charge in [-0.2, -0.15) is 0 Å². The third-order valence-electron chi connectivity index (χ3n) is 5.77. The van der Waals surface area contributed by atoms with E-state index in [1.165, 1.54) is 31.6 Å². The van der Waals surface area contributed by atoms with Crippen molar-refractivity contribution in [3.8, 4) is 22.1 Å². The molecule has 0 saturated carbocycles. The summed E-state index contributed by atoms with van der Waals surface area (Å²) in [4.78, 5) is 22.6. The second-order valence-electron chi connectivity index (χ2n) is 7.36. The molecule has 0 unspecified atom stereocenters. The molecular weight excluding hydrogens is 405 g/mol. The van der Waals surface area contributed by atoms with Crippen molar-refractivity contribution in [2.45, 2.75) is 39.7 Å². The molecular formula is C22H30FN3O3S. The Kier molecular flexibility index (Phi) is 7.31. The molecule has 1 aromatic carbocycles. The zero-order valence-electron chi connectivity index (χ0n) is 18.3. The van der Waals surface area contributed by atoms with Crippen molar-refractivity contribution in [1.29, 1.82) is 0 Å². The number of rotatable bonds is 7. The van der Waals surface area contributed by atoms with Crippen LogP contribution in [0.15, 0.2) is 12.1 Å².